The summed E-state index contributed by atoms with van der Waals surface area (Å²) in [5, 5.41) is 7.15. The summed E-state index contributed by atoms with van der Waals surface area (Å²) >= 11 is 8.71. The molecule has 0 saturated heterocycles. The maximum absolute atomic E-state index is 7.08. The van der Waals surface area contributed by atoms with E-state index in [0.29, 0.717) is 0 Å². The summed E-state index contributed by atoms with van der Waals surface area (Å²) in [5.74, 6) is 0. The van der Waals surface area contributed by atoms with Gasteiger partial charge in [0, 0.05) is 10.0 Å². The first-order chi connectivity index (χ1) is 4.70. The molecule has 10 heavy (non-hydrogen) atoms. The van der Waals surface area contributed by atoms with E-state index in [2.05, 4.69) is 15.9 Å². The van der Waals surface area contributed by atoms with Crippen LogP contribution >= 0.6 is 27.5 Å². The Morgan fingerprint density at radius 2 is 2.20 bits per heavy atom. The van der Waals surface area contributed by atoms with Crippen molar-refractivity contribution in [1.29, 1.82) is 5.41 Å². The van der Waals surface area contributed by atoms with E-state index < -0.39 is 0 Å². The molecule has 0 spiro atoms. The van der Waals surface area contributed by atoms with Crippen molar-refractivity contribution < 1.29 is 0 Å². The first kappa shape index (κ1) is 7.76. The second-order valence-corrected chi connectivity index (χ2v) is 3.12. The maximum atomic E-state index is 7.08. The van der Waals surface area contributed by atoms with Crippen LogP contribution in [0.3, 0.4) is 0 Å². The zero-order valence-corrected chi connectivity index (χ0v) is 7.41. The predicted molar refractivity (Wildman–Crippen MR) is 46.8 cm³/mol. The number of hydrogen-bond acceptors (Lipinski definition) is 1. The van der Waals surface area contributed by atoms with Gasteiger partial charge in [-0.15, -0.1) is 0 Å². The molecule has 0 amide bonds. The van der Waals surface area contributed by atoms with Crippen LogP contribution in [0.4, 0.5) is 0 Å². The van der Waals surface area contributed by atoms with Crippen molar-refractivity contribution in [2.45, 2.75) is 0 Å². The van der Waals surface area contributed by atoms with Crippen LogP contribution in [0.15, 0.2) is 28.7 Å². The Bertz CT molecular complexity index is 260. The number of benzene rings is 1. The van der Waals surface area contributed by atoms with Crippen molar-refractivity contribution >= 4 is 32.7 Å². The van der Waals surface area contributed by atoms with Gasteiger partial charge in [-0.2, -0.15) is 0 Å². The van der Waals surface area contributed by atoms with Gasteiger partial charge in [0.25, 0.3) is 0 Å². The van der Waals surface area contributed by atoms with Crippen molar-refractivity contribution in [1.82, 2.24) is 0 Å². The van der Waals surface area contributed by atoms with Crippen molar-refractivity contribution in [3.8, 4) is 0 Å². The lowest BCUT2D eigenvalue weighted by molar-refractivity contribution is 1.51. The molecule has 52 valence electrons. The zero-order chi connectivity index (χ0) is 7.56. The Labute approximate surface area is 72.7 Å². The van der Waals surface area contributed by atoms with E-state index in [9.17, 15) is 0 Å². The molecular formula is C7H5BrClN. The van der Waals surface area contributed by atoms with Crippen molar-refractivity contribution in [2.75, 3.05) is 0 Å². The molecule has 1 N–H and O–H groups in total. The first-order valence-corrected chi connectivity index (χ1v) is 3.87. The lowest BCUT2D eigenvalue weighted by Crippen LogP contribution is -1.86. The normalized spacial score (nSPS) is 9.40. The summed E-state index contributed by atoms with van der Waals surface area (Å²) in [7, 11) is 0. The molecule has 0 aliphatic carbocycles. The molecule has 0 aliphatic heterocycles. The zero-order valence-electron chi connectivity index (χ0n) is 5.07. The van der Waals surface area contributed by atoms with E-state index in [4.69, 9.17) is 17.0 Å². The Morgan fingerprint density at radius 1 is 1.50 bits per heavy atom. The Balaban J connectivity index is 3.07. The van der Waals surface area contributed by atoms with Gasteiger partial charge in [-0.1, -0.05) is 39.7 Å². The van der Waals surface area contributed by atoms with E-state index in [0.717, 1.165) is 10.0 Å². The summed E-state index contributed by atoms with van der Waals surface area (Å²) in [6.45, 7) is 0. The standard InChI is InChI=1S/C7H5BrClN/c8-6-3-1-2-5(4-6)7(9)10/h1-4,10H. The number of hydrogen-bond donors (Lipinski definition) is 1. The van der Waals surface area contributed by atoms with E-state index in [-0.39, 0.29) is 5.17 Å². The van der Waals surface area contributed by atoms with Crippen LogP contribution in [0.25, 0.3) is 0 Å². The molecule has 0 heterocycles. The van der Waals surface area contributed by atoms with Gasteiger partial charge in [0.2, 0.25) is 0 Å². The molecule has 0 saturated carbocycles. The van der Waals surface area contributed by atoms with Crippen molar-refractivity contribution in [3.63, 3.8) is 0 Å². The van der Waals surface area contributed by atoms with Crippen LogP contribution in [-0.2, 0) is 0 Å². The largest absolute Gasteiger partial charge is 0.289 e. The Hall–Kier alpha value is -0.340. The second-order valence-electron chi connectivity index (χ2n) is 1.82. The molecule has 1 rings (SSSR count). The molecule has 1 aromatic rings. The highest BCUT2D eigenvalue weighted by molar-refractivity contribution is 9.10. The van der Waals surface area contributed by atoms with E-state index in [1.807, 2.05) is 12.1 Å². The lowest BCUT2D eigenvalue weighted by atomic mass is 10.2. The third-order valence-electron chi connectivity index (χ3n) is 1.08. The first-order valence-electron chi connectivity index (χ1n) is 2.70. The van der Waals surface area contributed by atoms with E-state index in [1.165, 1.54) is 0 Å². The molecule has 3 heteroatoms. The SMILES string of the molecule is N=C(Cl)c1cccc(Br)c1. The van der Waals surface area contributed by atoms with Gasteiger partial charge in [-0.25, -0.2) is 0 Å². The third-order valence-corrected chi connectivity index (χ3v) is 1.79. The fourth-order valence-corrected chi connectivity index (χ4v) is 1.14. The average Bonchev–Trinajstić information content (AvgIpc) is 1.88. The fraction of sp³-hybridized carbons (Fsp3) is 0. The molecule has 0 radical (unpaired) electrons. The van der Waals surface area contributed by atoms with Crippen LogP contribution in [0, 0.1) is 5.41 Å². The summed E-state index contributed by atoms with van der Waals surface area (Å²) in [4.78, 5) is 0. The maximum Gasteiger partial charge on any atom is 0.128 e. The fourth-order valence-electron chi connectivity index (χ4n) is 0.625. The molecular weight excluding hydrogens is 213 g/mol. The number of rotatable bonds is 1. The van der Waals surface area contributed by atoms with Crippen LogP contribution in [0.1, 0.15) is 5.56 Å². The molecule has 0 aromatic heterocycles. The minimum Gasteiger partial charge on any atom is -0.289 e. The highest BCUT2D eigenvalue weighted by atomic mass is 79.9. The lowest BCUT2D eigenvalue weighted by Gasteiger charge is -1.94. The predicted octanol–water partition coefficient (Wildman–Crippen LogP) is 3.01. The van der Waals surface area contributed by atoms with Crippen LogP contribution in [0.5, 0.6) is 0 Å². The van der Waals surface area contributed by atoms with E-state index >= 15 is 0 Å². The molecule has 0 fully saturated rings. The summed E-state index contributed by atoms with van der Waals surface area (Å²) in [5.41, 5.74) is 0.732. The Kier molecular flexibility index (Phi) is 2.46. The highest BCUT2D eigenvalue weighted by Crippen LogP contribution is 2.12. The highest BCUT2D eigenvalue weighted by Gasteiger charge is 1.95. The number of halogens is 2. The molecule has 1 aromatic carbocycles. The van der Waals surface area contributed by atoms with Crippen molar-refractivity contribution in [3.05, 3.63) is 34.3 Å². The van der Waals surface area contributed by atoms with Gasteiger partial charge in [0.05, 0.1) is 0 Å². The van der Waals surface area contributed by atoms with Crippen LogP contribution in [-0.4, -0.2) is 5.17 Å². The average molecular weight is 218 g/mol. The summed E-state index contributed by atoms with van der Waals surface area (Å²) < 4.78 is 0.940. The monoisotopic (exact) mass is 217 g/mol. The molecule has 1 nitrogen and oxygen atoms in total. The third kappa shape index (κ3) is 1.82. The minimum absolute atomic E-state index is 0.0706. The summed E-state index contributed by atoms with van der Waals surface area (Å²) in [6, 6.07) is 7.33. The van der Waals surface area contributed by atoms with Gasteiger partial charge in [0.15, 0.2) is 0 Å². The topological polar surface area (TPSA) is 23.9 Å². The van der Waals surface area contributed by atoms with E-state index in [1.54, 1.807) is 12.1 Å². The molecule has 0 aliphatic rings. The quantitative estimate of drug-likeness (QED) is 0.701. The van der Waals surface area contributed by atoms with Crippen molar-refractivity contribution in [2.24, 2.45) is 0 Å². The second kappa shape index (κ2) is 3.17. The Morgan fingerprint density at radius 3 is 2.60 bits per heavy atom. The number of nitrogens with one attached hydrogen (secondary N) is 1. The van der Waals surface area contributed by atoms with Crippen LogP contribution in [0.2, 0.25) is 0 Å². The van der Waals surface area contributed by atoms with Gasteiger partial charge < -0.3 is 0 Å². The minimum atomic E-state index is 0.0706. The van der Waals surface area contributed by atoms with Gasteiger partial charge >= 0.3 is 0 Å². The molecule has 0 unspecified atom stereocenters. The summed E-state index contributed by atoms with van der Waals surface area (Å²) in [6.07, 6.45) is 0. The van der Waals surface area contributed by atoms with Crippen LogP contribution < -0.4 is 0 Å². The van der Waals surface area contributed by atoms with Gasteiger partial charge in [0.1, 0.15) is 5.17 Å². The molecule has 0 bridgehead atoms. The van der Waals surface area contributed by atoms with Gasteiger partial charge in [-0.3, -0.25) is 5.41 Å². The molecule has 0 atom stereocenters. The smallest absolute Gasteiger partial charge is 0.128 e. The van der Waals surface area contributed by atoms with Gasteiger partial charge in [-0.05, 0) is 12.1 Å².